The maximum Gasteiger partial charge on any atom is 0.348 e. The molecule has 1 fully saturated rings. The summed E-state index contributed by atoms with van der Waals surface area (Å²) in [4.78, 5) is 40.8. The molecule has 3 heterocycles. The molecule has 8 nitrogen and oxygen atoms in total. The predicted molar refractivity (Wildman–Crippen MR) is 136 cm³/mol. The number of esters is 2. The van der Waals surface area contributed by atoms with Crippen LogP contribution in [-0.4, -0.2) is 44.0 Å². The van der Waals surface area contributed by atoms with Crippen LogP contribution in [-0.2, 0) is 20.7 Å². The number of rotatable bonds is 9. The zero-order chi connectivity index (χ0) is 25.5. The van der Waals surface area contributed by atoms with Gasteiger partial charge in [-0.1, -0.05) is 0 Å². The van der Waals surface area contributed by atoms with E-state index >= 15 is 0 Å². The van der Waals surface area contributed by atoms with E-state index in [1.807, 2.05) is 6.07 Å². The third kappa shape index (κ3) is 6.21. The van der Waals surface area contributed by atoms with Gasteiger partial charge in [-0.15, -0.1) is 11.3 Å². The van der Waals surface area contributed by atoms with Gasteiger partial charge in [0.25, 0.3) is 0 Å². The monoisotopic (exact) mass is 562 g/mol. The minimum absolute atomic E-state index is 0.116. The Bertz CT molecular complexity index is 1180. The highest BCUT2D eigenvalue weighted by Gasteiger charge is 2.28. The summed E-state index contributed by atoms with van der Waals surface area (Å²) in [5, 5.41) is 9.68. The van der Waals surface area contributed by atoms with E-state index < -0.39 is 17.7 Å². The number of hydrogen-bond donors (Lipinski definition) is 0. The van der Waals surface area contributed by atoms with Crippen LogP contribution >= 0.6 is 27.3 Å². The van der Waals surface area contributed by atoms with E-state index in [0.717, 1.165) is 41.7 Å². The van der Waals surface area contributed by atoms with Crippen molar-refractivity contribution in [1.29, 1.82) is 5.26 Å². The summed E-state index contributed by atoms with van der Waals surface area (Å²) < 4.78 is 16.9. The van der Waals surface area contributed by atoms with Gasteiger partial charge in [0.15, 0.2) is 5.78 Å². The number of ketones is 1. The minimum Gasteiger partial charge on any atom is -0.462 e. The molecule has 1 aliphatic rings. The Labute approximate surface area is 216 Å². The molecule has 0 aliphatic carbocycles. The Kier molecular flexibility index (Phi) is 9.29. The number of nitrogens with zero attached hydrogens (tertiary/aromatic N) is 2. The van der Waals surface area contributed by atoms with Crippen LogP contribution in [0.4, 0.5) is 5.88 Å². The summed E-state index contributed by atoms with van der Waals surface area (Å²) in [6.07, 6.45) is 4.51. The Hall–Kier alpha value is -2.90. The molecule has 0 radical (unpaired) electrons. The number of nitriles is 1. The van der Waals surface area contributed by atoms with E-state index in [9.17, 15) is 19.6 Å². The molecule has 186 valence electrons. The van der Waals surface area contributed by atoms with Gasteiger partial charge < -0.3 is 18.8 Å². The average Bonchev–Trinajstić information content (AvgIpc) is 3.37. The second-order valence-corrected chi connectivity index (χ2v) is 9.87. The van der Waals surface area contributed by atoms with E-state index in [1.54, 1.807) is 26.8 Å². The Morgan fingerprint density at radius 2 is 1.83 bits per heavy atom. The summed E-state index contributed by atoms with van der Waals surface area (Å²) in [6, 6.07) is 3.67. The number of ether oxygens (including phenoxy) is 2. The molecular formula is C25H27BrN2O6S. The van der Waals surface area contributed by atoms with Crippen LogP contribution in [0.25, 0.3) is 6.08 Å². The zero-order valence-corrected chi connectivity index (χ0v) is 22.3. The van der Waals surface area contributed by atoms with Crippen molar-refractivity contribution in [3.63, 3.8) is 0 Å². The average molecular weight is 563 g/mol. The zero-order valence-electron chi connectivity index (χ0n) is 19.9. The normalized spacial score (nSPS) is 13.9. The van der Waals surface area contributed by atoms with Crippen molar-refractivity contribution < 1.29 is 28.3 Å². The fourth-order valence-electron chi connectivity index (χ4n) is 3.88. The van der Waals surface area contributed by atoms with E-state index in [1.165, 1.54) is 12.5 Å². The molecule has 35 heavy (non-hydrogen) atoms. The van der Waals surface area contributed by atoms with Crippen molar-refractivity contribution >= 4 is 56.9 Å². The van der Waals surface area contributed by atoms with E-state index in [-0.39, 0.29) is 35.6 Å². The second-order valence-electron chi connectivity index (χ2n) is 7.91. The number of Topliss-reactive ketones (excluding diaryl/α,β-unsaturated/α-hetero) is 1. The van der Waals surface area contributed by atoms with Crippen LogP contribution in [0.2, 0.25) is 0 Å². The smallest absolute Gasteiger partial charge is 0.348 e. The van der Waals surface area contributed by atoms with Gasteiger partial charge in [0.05, 0.1) is 28.8 Å². The lowest BCUT2D eigenvalue weighted by atomic mass is 10.0. The quantitative estimate of drug-likeness (QED) is 0.224. The predicted octanol–water partition coefficient (Wildman–Crippen LogP) is 5.47. The summed E-state index contributed by atoms with van der Waals surface area (Å²) in [5.41, 5.74) is 0.451. The molecule has 0 aromatic carbocycles. The van der Waals surface area contributed by atoms with E-state index in [0.29, 0.717) is 22.1 Å². The fourth-order valence-corrected chi connectivity index (χ4v) is 5.62. The molecule has 2 aromatic rings. The van der Waals surface area contributed by atoms with Gasteiger partial charge in [-0.25, -0.2) is 9.59 Å². The van der Waals surface area contributed by atoms with Crippen molar-refractivity contribution in [1.82, 2.24) is 0 Å². The van der Waals surface area contributed by atoms with Gasteiger partial charge in [-0.2, -0.15) is 5.26 Å². The van der Waals surface area contributed by atoms with Gasteiger partial charge in [0, 0.05) is 36.5 Å². The van der Waals surface area contributed by atoms with Gasteiger partial charge in [-0.05, 0) is 61.5 Å². The first-order valence-electron chi connectivity index (χ1n) is 11.5. The number of piperidine rings is 1. The summed E-state index contributed by atoms with van der Waals surface area (Å²) in [6.45, 7) is 7.07. The molecule has 0 unspecified atom stereocenters. The Balaban J connectivity index is 1.89. The van der Waals surface area contributed by atoms with Crippen LogP contribution in [0.3, 0.4) is 0 Å². The summed E-state index contributed by atoms with van der Waals surface area (Å²) in [5.74, 6) is -0.633. The maximum atomic E-state index is 13.1. The van der Waals surface area contributed by atoms with Gasteiger partial charge in [0.2, 0.25) is 5.88 Å². The molecule has 0 bridgehead atoms. The third-order valence-corrected chi connectivity index (χ3v) is 7.36. The van der Waals surface area contributed by atoms with Crippen molar-refractivity contribution in [3.05, 3.63) is 42.8 Å². The first-order chi connectivity index (χ1) is 16.8. The van der Waals surface area contributed by atoms with E-state index in [4.69, 9.17) is 13.9 Å². The number of thiophene rings is 1. The Morgan fingerprint density at radius 3 is 2.46 bits per heavy atom. The van der Waals surface area contributed by atoms with Crippen LogP contribution < -0.4 is 4.90 Å². The molecule has 3 rings (SSSR count). The number of allylic oxidation sites excluding steroid dienone is 1. The van der Waals surface area contributed by atoms with Gasteiger partial charge >= 0.3 is 11.9 Å². The SMILES string of the molecule is CCOC(=O)c1sc(CC(=O)C(C#N)=Cc2cc(Br)c(N3CCCCC3)o2)c(C(=O)OCC)c1C. The molecule has 0 saturated carbocycles. The highest BCUT2D eigenvalue weighted by molar-refractivity contribution is 9.10. The molecule has 1 saturated heterocycles. The van der Waals surface area contributed by atoms with Gasteiger partial charge in [-0.3, -0.25) is 4.79 Å². The van der Waals surface area contributed by atoms with Crippen LogP contribution in [0.15, 0.2) is 20.5 Å². The number of carbonyl (C=O) groups excluding carboxylic acids is 3. The lowest BCUT2D eigenvalue weighted by Gasteiger charge is -2.26. The second kappa shape index (κ2) is 12.2. The highest BCUT2D eigenvalue weighted by atomic mass is 79.9. The molecule has 0 atom stereocenters. The van der Waals surface area contributed by atoms with Crippen LogP contribution in [0.1, 0.15) is 69.3 Å². The van der Waals surface area contributed by atoms with Crippen molar-refractivity contribution in [3.8, 4) is 6.07 Å². The van der Waals surface area contributed by atoms with Crippen LogP contribution in [0.5, 0.6) is 0 Å². The molecule has 0 N–H and O–H groups in total. The molecule has 1 aliphatic heterocycles. The molecule has 0 spiro atoms. The number of halogens is 1. The number of carbonyl (C=O) groups is 3. The summed E-state index contributed by atoms with van der Waals surface area (Å²) in [7, 11) is 0. The highest BCUT2D eigenvalue weighted by Crippen LogP contribution is 2.34. The Morgan fingerprint density at radius 1 is 1.17 bits per heavy atom. The maximum absolute atomic E-state index is 13.1. The molecule has 0 amide bonds. The largest absolute Gasteiger partial charge is 0.462 e. The van der Waals surface area contributed by atoms with Crippen molar-refractivity contribution in [2.75, 3.05) is 31.2 Å². The number of hydrogen-bond acceptors (Lipinski definition) is 9. The van der Waals surface area contributed by atoms with Crippen molar-refractivity contribution in [2.45, 2.75) is 46.5 Å². The number of furan rings is 1. The summed E-state index contributed by atoms with van der Waals surface area (Å²) >= 11 is 4.51. The molecular weight excluding hydrogens is 536 g/mol. The number of anilines is 1. The lowest BCUT2D eigenvalue weighted by molar-refractivity contribution is -0.114. The van der Waals surface area contributed by atoms with Crippen molar-refractivity contribution in [2.24, 2.45) is 0 Å². The van der Waals surface area contributed by atoms with E-state index in [2.05, 4.69) is 20.8 Å². The fraction of sp³-hybridized carbons (Fsp3) is 0.440. The molecule has 2 aromatic heterocycles. The first kappa shape index (κ1) is 26.7. The third-order valence-electron chi connectivity index (χ3n) is 5.52. The first-order valence-corrected chi connectivity index (χ1v) is 13.1. The van der Waals surface area contributed by atoms with Gasteiger partial charge in [0.1, 0.15) is 16.7 Å². The minimum atomic E-state index is -0.622. The standard InChI is InChI=1S/C25H27BrN2O6S/c1-4-32-24(30)21-15(3)22(25(31)33-5-2)35-20(21)13-19(29)16(14-27)11-17-12-18(26)23(34-17)28-9-7-6-8-10-28/h11-12H,4-10,13H2,1-3H3. The lowest BCUT2D eigenvalue weighted by Crippen LogP contribution is -2.29. The van der Waals surface area contributed by atoms with Crippen LogP contribution in [0, 0.1) is 18.3 Å². The molecule has 10 heteroatoms. The topological polar surface area (TPSA) is 110 Å².